The summed E-state index contributed by atoms with van der Waals surface area (Å²) in [5.74, 6) is -0.887. The van der Waals surface area contributed by atoms with Gasteiger partial charge in [0.15, 0.2) is 0 Å². The number of hydrogen-bond acceptors (Lipinski definition) is 4. The number of pyridine rings is 1. The van der Waals surface area contributed by atoms with E-state index in [9.17, 15) is 18.0 Å². The van der Waals surface area contributed by atoms with Crippen LogP contribution in [0.2, 0.25) is 0 Å². The van der Waals surface area contributed by atoms with E-state index in [0.29, 0.717) is 0 Å². The fourth-order valence-corrected chi connectivity index (χ4v) is 1.59. The van der Waals surface area contributed by atoms with Crippen LogP contribution < -0.4 is 4.74 Å². The first-order valence-corrected chi connectivity index (χ1v) is 5.80. The molecule has 1 aromatic carbocycles. The molecule has 0 aliphatic rings. The Morgan fingerprint density at radius 3 is 2.62 bits per heavy atom. The standard InChI is InChI=1S/C14H10F3NO3/c1-20-13(19)11-6-3-7-18-12(11)21-10-5-2-4-9(8-10)14(15,16)17/h2-8H,1H3. The number of benzene rings is 1. The van der Waals surface area contributed by atoms with Gasteiger partial charge in [-0.05, 0) is 30.3 Å². The molecule has 0 atom stereocenters. The van der Waals surface area contributed by atoms with Gasteiger partial charge in [0.25, 0.3) is 0 Å². The number of halogens is 3. The zero-order valence-electron chi connectivity index (χ0n) is 10.8. The Kier molecular flexibility index (Phi) is 4.11. The maximum atomic E-state index is 12.6. The van der Waals surface area contributed by atoms with Crippen LogP contribution >= 0.6 is 0 Å². The summed E-state index contributed by atoms with van der Waals surface area (Å²) in [6.07, 6.45) is -3.12. The van der Waals surface area contributed by atoms with Gasteiger partial charge in [-0.1, -0.05) is 6.07 Å². The minimum atomic E-state index is -4.48. The van der Waals surface area contributed by atoms with Crippen molar-refractivity contribution in [3.05, 3.63) is 53.7 Å². The minimum absolute atomic E-state index is 0.0254. The molecule has 2 aromatic rings. The Hall–Kier alpha value is -2.57. The van der Waals surface area contributed by atoms with Crippen molar-refractivity contribution in [3.8, 4) is 11.6 Å². The maximum Gasteiger partial charge on any atom is 0.416 e. The van der Waals surface area contributed by atoms with E-state index in [0.717, 1.165) is 12.1 Å². The van der Waals surface area contributed by atoms with E-state index in [4.69, 9.17) is 4.74 Å². The molecule has 7 heteroatoms. The maximum absolute atomic E-state index is 12.6. The molecule has 0 amide bonds. The molecular formula is C14H10F3NO3. The van der Waals surface area contributed by atoms with Crippen molar-refractivity contribution in [3.63, 3.8) is 0 Å². The molecule has 0 spiro atoms. The second-order valence-electron chi connectivity index (χ2n) is 3.98. The Morgan fingerprint density at radius 1 is 1.19 bits per heavy atom. The molecule has 1 heterocycles. The van der Waals surface area contributed by atoms with E-state index >= 15 is 0 Å². The van der Waals surface area contributed by atoms with Gasteiger partial charge in [-0.25, -0.2) is 9.78 Å². The number of carbonyl (C=O) groups excluding carboxylic acids is 1. The van der Waals surface area contributed by atoms with Crippen molar-refractivity contribution >= 4 is 5.97 Å². The lowest BCUT2D eigenvalue weighted by Crippen LogP contribution is -2.06. The fraction of sp³-hybridized carbons (Fsp3) is 0.143. The quantitative estimate of drug-likeness (QED) is 0.811. The number of alkyl halides is 3. The van der Waals surface area contributed by atoms with Crippen LogP contribution in [0.5, 0.6) is 11.6 Å². The van der Waals surface area contributed by atoms with Crippen LogP contribution in [0.3, 0.4) is 0 Å². The van der Waals surface area contributed by atoms with Gasteiger partial charge < -0.3 is 9.47 Å². The summed E-state index contributed by atoms with van der Waals surface area (Å²) < 4.78 is 47.7. The van der Waals surface area contributed by atoms with Crippen LogP contribution in [-0.4, -0.2) is 18.1 Å². The topological polar surface area (TPSA) is 48.4 Å². The second-order valence-corrected chi connectivity index (χ2v) is 3.98. The molecule has 0 saturated heterocycles. The average molecular weight is 297 g/mol. The molecule has 1 aromatic heterocycles. The molecule has 0 saturated carbocycles. The first-order valence-electron chi connectivity index (χ1n) is 5.80. The van der Waals surface area contributed by atoms with E-state index in [1.807, 2.05) is 0 Å². The van der Waals surface area contributed by atoms with E-state index in [-0.39, 0.29) is 17.2 Å². The highest BCUT2D eigenvalue weighted by Gasteiger charge is 2.30. The summed E-state index contributed by atoms with van der Waals surface area (Å²) in [6.45, 7) is 0. The number of esters is 1. The van der Waals surface area contributed by atoms with Gasteiger partial charge in [0.05, 0.1) is 12.7 Å². The van der Waals surface area contributed by atoms with Gasteiger partial charge >= 0.3 is 12.1 Å². The van der Waals surface area contributed by atoms with Crippen molar-refractivity contribution < 1.29 is 27.4 Å². The number of methoxy groups -OCH3 is 1. The van der Waals surface area contributed by atoms with Crippen LogP contribution in [-0.2, 0) is 10.9 Å². The van der Waals surface area contributed by atoms with E-state index in [1.165, 1.54) is 37.6 Å². The Bertz CT molecular complexity index is 656. The van der Waals surface area contributed by atoms with E-state index in [1.54, 1.807) is 0 Å². The molecule has 0 aliphatic carbocycles. The first kappa shape index (κ1) is 14.8. The zero-order valence-corrected chi connectivity index (χ0v) is 10.8. The third-order valence-electron chi connectivity index (χ3n) is 2.55. The second kappa shape index (κ2) is 5.82. The third-order valence-corrected chi connectivity index (χ3v) is 2.55. The van der Waals surface area contributed by atoms with Crippen LogP contribution in [0.4, 0.5) is 13.2 Å². The average Bonchev–Trinajstić information content (AvgIpc) is 2.46. The highest BCUT2D eigenvalue weighted by atomic mass is 19.4. The third kappa shape index (κ3) is 3.50. The predicted molar refractivity (Wildman–Crippen MR) is 67.1 cm³/mol. The van der Waals surface area contributed by atoms with Crippen molar-refractivity contribution in [1.29, 1.82) is 0 Å². The number of carbonyl (C=O) groups is 1. The SMILES string of the molecule is COC(=O)c1cccnc1Oc1cccc(C(F)(F)F)c1. The zero-order chi connectivity index (χ0) is 15.5. The van der Waals surface area contributed by atoms with E-state index in [2.05, 4.69) is 9.72 Å². The predicted octanol–water partition coefficient (Wildman–Crippen LogP) is 3.68. The fourth-order valence-electron chi connectivity index (χ4n) is 1.59. The summed E-state index contributed by atoms with van der Waals surface area (Å²) in [4.78, 5) is 15.4. The Labute approximate surface area is 118 Å². The number of hydrogen-bond donors (Lipinski definition) is 0. The van der Waals surface area contributed by atoms with Gasteiger partial charge in [-0.15, -0.1) is 0 Å². The largest absolute Gasteiger partial charge is 0.465 e. The summed E-state index contributed by atoms with van der Waals surface area (Å²) in [7, 11) is 1.18. The number of ether oxygens (including phenoxy) is 2. The Balaban J connectivity index is 2.33. The normalized spacial score (nSPS) is 11.0. The molecule has 0 unspecified atom stereocenters. The van der Waals surface area contributed by atoms with Crippen molar-refractivity contribution in [2.75, 3.05) is 7.11 Å². The molecule has 110 valence electrons. The first-order chi connectivity index (χ1) is 9.91. The lowest BCUT2D eigenvalue weighted by atomic mass is 10.2. The molecule has 0 aliphatic heterocycles. The van der Waals surface area contributed by atoms with Gasteiger partial charge in [-0.2, -0.15) is 13.2 Å². The monoisotopic (exact) mass is 297 g/mol. The summed E-state index contributed by atoms with van der Waals surface area (Å²) in [5.41, 5.74) is -0.826. The highest BCUT2D eigenvalue weighted by molar-refractivity contribution is 5.91. The summed E-state index contributed by atoms with van der Waals surface area (Å²) >= 11 is 0. The number of nitrogens with zero attached hydrogens (tertiary/aromatic N) is 1. The molecule has 0 bridgehead atoms. The minimum Gasteiger partial charge on any atom is -0.465 e. The number of aromatic nitrogens is 1. The molecule has 0 N–H and O–H groups in total. The molecule has 4 nitrogen and oxygen atoms in total. The van der Waals surface area contributed by atoms with Crippen LogP contribution in [0, 0.1) is 0 Å². The molecule has 0 fully saturated rings. The van der Waals surface area contributed by atoms with Crippen molar-refractivity contribution in [2.24, 2.45) is 0 Å². The highest BCUT2D eigenvalue weighted by Crippen LogP contribution is 2.32. The van der Waals surface area contributed by atoms with Crippen molar-refractivity contribution in [2.45, 2.75) is 6.18 Å². The molecule has 2 rings (SSSR count). The van der Waals surface area contributed by atoms with Crippen LogP contribution in [0.15, 0.2) is 42.6 Å². The lowest BCUT2D eigenvalue weighted by Gasteiger charge is -2.11. The molecular weight excluding hydrogens is 287 g/mol. The Morgan fingerprint density at radius 2 is 1.95 bits per heavy atom. The summed E-state index contributed by atoms with van der Waals surface area (Å²) in [6, 6.07) is 7.19. The molecule has 21 heavy (non-hydrogen) atoms. The molecule has 0 radical (unpaired) electrons. The van der Waals surface area contributed by atoms with Crippen molar-refractivity contribution in [1.82, 2.24) is 4.98 Å². The lowest BCUT2D eigenvalue weighted by molar-refractivity contribution is -0.137. The van der Waals surface area contributed by atoms with Gasteiger partial charge in [-0.3, -0.25) is 0 Å². The smallest absolute Gasteiger partial charge is 0.416 e. The summed E-state index contributed by atoms with van der Waals surface area (Å²) in [5, 5.41) is 0. The van der Waals surface area contributed by atoms with Gasteiger partial charge in [0, 0.05) is 6.20 Å². The van der Waals surface area contributed by atoms with Crippen LogP contribution in [0.25, 0.3) is 0 Å². The van der Waals surface area contributed by atoms with Crippen LogP contribution in [0.1, 0.15) is 15.9 Å². The van der Waals surface area contributed by atoms with Gasteiger partial charge in [0.1, 0.15) is 11.3 Å². The number of rotatable bonds is 3. The van der Waals surface area contributed by atoms with Gasteiger partial charge in [0.2, 0.25) is 5.88 Å². The van der Waals surface area contributed by atoms with E-state index < -0.39 is 17.7 Å².